The minimum Gasteiger partial charge on any atom is -0.369 e. The van der Waals surface area contributed by atoms with E-state index >= 15 is 0 Å². The van der Waals surface area contributed by atoms with E-state index in [0.29, 0.717) is 5.56 Å². The van der Waals surface area contributed by atoms with Crippen molar-refractivity contribution in [2.75, 3.05) is 6.54 Å². The number of carbonyl (C=O) groups excluding carboxylic acids is 4. The van der Waals surface area contributed by atoms with Crippen molar-refractivity contribution in [2.45, 2.75) is 26.3 Å². The van der Waals surface area contributed by atoms with Crippen molar-refractivity contribution < 1.29 is 23.6 Å². The van der Waals surface area contributed by atoms with Crippen molar-refractivity contribution in [3.63, 3.8) is 0 Å². The summed E-state index contributed by atoms with van der Waals surface area (Å²) in [6.45, 7) is 3.40. The fraction of sp³-hybridized carbons (Fsp3) is 0.304. The molecule has 1 heterocycles. The second-order valence-corrected chi connectivity index (χ2v) is 7.89. The minimum atomic E-state index is -1.04. The maximum Gasteiger partial charge on any atom is 0.262 e. The summed E-state index contributed by atoms with van der Waals surface area (Å²) < 4.78 is 13.1. The molecule has 0 saturated heterocycles. The number of hydrogen-bond donors (Lipinski definition) is 2. The molecule has 0 radical (unpaired) electrons. The van der Waals surface area contributed by atoms with Crippen LogP contribution in [0.15, 0.2) is 48.5 Å². The highest BCUT2D eigenvalue weighted by Gasteiger charge is 2.43. The Bertz CT molecular complexity index is 985. The van der Waals surface area contributed by atoms with E-state index in [9.17, 15) is 23.6 Å². The highest BCUT2D eigenvalue weighted by molar-refractivity contribution is 6.22. The van der Waals surface area contributed by atoms with Gasteiger partial charge in [0, 0.05) is 6.54 Å². The van der Waals surface area contributed by atoms with Crippen LogP contribution < -0.4 is 11.1 Å². The van der Waals surface area contributed by atoms with Crippen molar-refractivity contribution in [1.82, 2.24) is 10.2 Å². The summed E-state index contributed by atoms with van der Waals surface area (Å²) in [5.41, 5.74) is 6.69. The van der Waals surface area contributed by atoms with Gasteiger partial charge in [0.1, 0.15) is 11.9 Å². The van der Waals surface area contributed by atoms with Gasteiger partial charge in [-0.15, -0.1) is 0 Å². The zero-order chi connectivity index (χ0) is 22.7. The van der Waals surface area contributed by atoms with E-state index in [4.69, 9.17) is 5.73 Å². The summed E-state index contributed by atoms with van der Waals surface area (Å²) in [6, 6.07) is 11.0. The lowest BCUT2D eigenvalue weighted by Crippen LogP contribution is -2.53. The van der Waals surface area contributed by atoms with Crippen LogP contribution in [-0.4, -0.2) is 41.1 Å². The molecule has 3 rings (SSSR count). The third-order valence-corrected chi connectivity index (χ3v) is 5.32. The van der Waals surface area contributed by atoms with E-state index in [1.54, 1.807) is 50.2 Å². The minimum absolute atomic E-state index is 0.0715. The molecule has 2 atom stereocenters. The first kappa shape index (κ1) is 22.1. The Kier molecular flexibility index (Phi) is 6.48. The maximum atomic E-state index is 13.1. The van der Waals surface area contributed by atoms with Crippen LogP contribution in [-0.2, 0) is 16.0 Å². The predicted molar refractivity (Wildman–Crippen MR) is 111 cm³/mol. The molecule has 1 aliphatic heterocycles. The fourth-order valence-electron chi connectivity index (χ4n) is 3.69. The second-order valence-electron chi connectivity index (χ2n) is 7.89. The lowest BCUT2D eigenvalue weighted by atomic mass is 9.97. The van der Waals surface area contributed by atoms with Crippen LogP contribution in [0.3, 0.4) is 0 Å². The van der Waals surface area contributed by atoms with Gasteiger partial charge >= 0.3 is 0 Å². The monoisotopic (exact) mass is 425 g/mol. The van der Waals surface area contributed by atoms with Gasteiger partial charge in [-0.2, -0.15) is 0 Å². The molecule has 3 N–H and O–H groups in total. The van der Waals surface area contributed by atoms with Crippen molar-refractivity contribution in [2.24, 2.45) is 17.6 Å². The lowest BCUT2D eigenvalue weighted by molar-refractivity contribution is -0.127. The number of halogens is 1. The highest BCUT2D eigenvalue weighted by Crippen LogP contribution is 2.27. The molecule has 0 bridgehead atoms. The Morgan fingerprint density at radius 1 is 1.00 bits per heavy atom. The van der Waals surface area contributed by atoms with E-state index in [1.807, 2.05) is 0 Å². The number of primary amides is 1. The van der Waals surface area contributed by atoms with E-state index in [2.05, 4.69) is 5.32 Å². The van der Waals surface area contributed by atoms with Gasteiger partial charge in [0.25, 0.3) is 11.8 Å². The average molecular weight is 425 g/mol. The Morgan fingerprint density at radius 2 is 1.55 bits per heavy atom. The summed E-state index contributed by atoms with van der Waals surface area (Å²) in [6.07, 6.45) is 0.218. The van der Waals surface area contributed by atoms with Gasteiger partial charge < -0.3 is 11.1 Å². The molecule has 2 aromatic carbocycles. The zero-order valence-corrected chi connectivity index (χ0v) is 17.3. The molecule has 0 saturated carbocycles. The number of amides is 4. The highest BCUT2D eigenvalue weighted by atomic mass is 19.1. The van der Waals surface area contributed by atoms with E-state index in [-0.39, 0.29) is 30.0 Å². The van der Waals surface area contributed by atoms with Gasteiger partial charge in [-0.3, -0.25) is 24.1 Å². The van der Waals surface area contributed by atoms with Gasteiger partial charge in [0.05, 0.1) is 17.0 Å². The molecule has 162 valence electrons. The quantitative estimate of drug-likeness (QED) is 0.630. The Labute approximate surface area is 179 Å². The molecular formula is C23H24FN3O4. The first-order valence-electron chi connectivity index (χ1n) is 9.99. The van der Waals surface area contributed by atoms with Crippen molar-refractivity contribution >= 4 is 23.6 Å². The van der Waals surface area contributed by atoms with Crippen molar-refractivity contribution in [3.05, 3.63) is 71.0 Å². The molecule has 8 heteroatoms. The van der Waals surface area contributed by atoms with Gasteiger partial charge in [-0.05, 0) is 42.2 Å². The lowest BCUT2D eigenvalue weighted by Gasteiger charge is -2.29. The maximum absolute atomic E-state index is 13.1. The number of imide groups is 1. The van der Waals surface area contributed by atoms with Gasteiger partial charge in [0.15, 0.2) is 0 Å². The Hall–Kier alpha value is -3.55. The first-order valence-corrected chi connectivity index (χ1v) is 9.99. The number of nitrogens with zero attached hydrogens (tertiary/aromatic N) is 1. The summed E-state index contributed by atoms with van der Waals surface area (Å²) >= 11 is 0. The molecule has 2 aromatic rings. The van der Waals surface area contributed by atoms with Crippen LogP contribution in [0.1, 0.15) is 40.1 Å². The molecule has 0 spiro atoms. The number of benzene rings is 2. The largest absolute Gasteiger partial charge is 0.369 e. The summed E-state index contributed by atoms with van der Waals surface area (Å²) in [5, 5.41) is 2.66. The van der Waals surface area contributed by atoms with E-state index in [0.717, 1.165) is 4.90 Å². The number of nitrogens with one attached hydrogen (secondary N) is 1. The van der Waals surface area contributed by atoms with Gasteiger partial charge in [-0.1, -0.05) is 38.1 Å². The summed E-state index contributed by atoms with van der Waals surface area (Å²) in [5.74, 6) is -3.69. The third-order valence-electron chi connectivity index (χ3n) is 5.32. The number of hydrogen-bond acceptors (Lipinski definition) is 4. The van der Waals surface area contributed by atoms with E-state index in [1.165, 1.54) is 12.1 Å². The normalized spacial score (nSPS) is 15.0. The number of rotatable bonds is 8. The SMILES string of the molecule is CC(C)C(C(=O)NCC(Cc1ccc(F)cc1)C(N)=O)N1C(=O)c2ccccc2C1=O. The number of carbonyl (C=O) groups is 4. The van der Waals surface area contributed by atoms with E-state index < -0.39 is 41.4 Å². The predicted octanol–water partition coefficient (Wildman–Crippen LogP) is 1.91. The Balaban J connectivity index is 1.73. The standard InChI is InChI=1S/C23H24FN3O4/c1-13(2)19(27-22(30)17-5-3-4-6-18(17)23(27)31)21(29)26-12-15(20(25)28)11-14-7-9-16(24)10-8-14/h3-10,13,15,19H,11-12H2,1-2H3,(H2,25,28)(H,26,29). The number of fused-ring (bicyclic) bond motifs is 1. The van der Waals surface area contributed by atoms with Crippen LogP contribution in [0.4, 0.5) is 4.39 Å². The van der Waals surface area contributed by atoms with Crippen LogP contribution in [0.25, 0.3) is 0 Å². The number of nitrogens with two attached hydrogens (primary N) is 1. The molecule has 7 nitrogen and oxygen atoms in total. The van der Waals surface area contributed by atoms with Crippen LogP contribution in [0.5, 0.6) is 0 Å². The molecule has 0 aliphatic carbocycles. The second kappa shape index (κ2) is 9.07. The van der Waals surface area contributed by atoms with Crippen LogP contribution in [0, 0.1) is 17.7 Å². The van der Waals surface area contributed by atoms with Gasteiger partial charge in [-0.25, -0.2) is 4.39 Å². The van der Waals surface area contributed by atoms with Crippen molar-refractivity contribution in [1.29, 1.82) is 0 Å². The molecule has 0 aromatic heterocycles. The first-order chi connectivity index (χ1) is 14.7. The van der Waals surface area contributed by atoms with Gasteiger partial charge in [0.2, 0.25) is 11.8 Å². The topological polar surface area (TPSA) is 110 Å². The third kappa shape index (κ3) is 4.63. The summed E-state index contributed by atoms with van der Waals surface area (Å²) in [4.78, 5) is 51.4. The Morgan fingerprint density at radius 3 is 2.03 bits per heavy atom. The fourth-order valence-corrected chi connectivity index (χ4v) is 3.69. The zero-order valence-electron chi connectivity index (χ0n) is 17.3. The molecule has 31 heavy (non-hydrogen) atoms. The van der Waals surface area contributed by atoms with Crippen LogP contribution in [0.2, 0.25) is 0 Å². The molecule has 1 aliphatic rings. The van der Waals surface area contributed by atoms with Crippen LogP contribution >= 0.6 is 0 Å². The molecular weight excluding hydrogens is 401 g/mol. The van der Waals surface area contributed by atoms with Crippen molar-refractivity contribution in [3.8, 4) is 0 Å². The average Bonchev–Trinajstić information content (AvgIpc) is 2.97. The molecule has 2 unspecified atom stereocenters. The molecule has 0 fully saturated rings. The molecule has 4 amide bonds. The smallest absolute Gasteiger partial charge is 0.262 e. The summed E-state index contributed by atoms with van der Waals surface area (Å²) in [7, 11) is 0.